The van der Waals surface area contributed by atoms with Crippen LogP contribution in [0.2, 0.25) is 10.0 Å². The third-order valence-corrected chi connectivity index (χ3v) is 4.42. The fraction of sp³-hybridized carbons (Fsp3) is 0.176. The lowest BCUT2D eigenvalue weighted by atomic mass is 10.1. The SMILES string of the molecule is CCc1nn(C(=O)c2c(Cl)cccc2C(F)(F)F)c2cccc(Cl)c12. The van der Waals surface area contributed by atoms with E-state index in [0.717, 1.165) is 16.8 Å². The summed E-state index contributed by atoms with van der Waals surface area (Å²) in [6.45, 7) is 1.82. The monoisotopic (exact) mass is 386 g/mol. The Balaban J connectivity index is 2.29. The topological polar surface area (TPSA) is 34.9 Å². The zero-order valence-corrected chi connectivity index (χ0v) is 14.4. The number of carbonyl (C=O) groups is 1. The normalized spacial score (nSPS) is 11.9. The van der Waals surface area contributed by atoms with Crippen LogP contribution >= 0.6 is 23.2 Å². The summed E-state index contributed by atoms with van der Waals surface area (Å²) in [7, 11) is 0. The number of hydrogen-bond donors (Lipinski definition) is 0. The number of alkyl halides is 3. The molecule has 130 valence electrons. The zero-order valence-electron chi connectivity index (χ0n) is 12.9. The Morgan fingerprint density at radius 3 is 2.40 bits per heavy atom. The van der Waals surface area contributed by atoms with Crippen LogP contribution in [0.5, 0.6) is 0 Å². The van der Waals surface area contributed by atoms with Crippen molar-refractivity contribution in [2.24, 2.45) is 0 Å². The van der Waals surface area contributed by atoms with Gasteiger partial charge in [-0.3, -0.25) is 4.79 Å². The molecule has 0 aliphatic heterocycles. The van der Waals surface area contributed by atoms with Crippen molar-refractivity contribution in [3.63, 3.8) is 0 Å². The first-order valence-electron chi connectivity index (χ1n) is 7.32. The zero-order chi connectivity index (χ0) is 18.4. The van der Waals surface area contributed by atoms with Gasteiger partial charge in [0.15, 0.2) is 0 Å². The third kappa shape index (κ3) is 3.00. The number of nitrogens with zero attached hydrogens (tertiary/aromatic N) is 2. The average Bonchev–Trinajstić information content (AvgIpc) is 2.93. The van der Waals surface area contributed by atoms with Crippen LogP contribution in [0.25, 0.3) is 10.9 Å². The van der Waals surface area contributed by atoms with E-state index in [1.165, 1.54) is 6.07 Å². The van der Waals surface area contributed by atoms with E-state index in [1.54, 1.807) is 18.2 Å². The highest BCUT2D eigenvalue weighted by Crippen LogP contribution is 2.36. The van der Waals surface area contributed by atoms with Crippen molar-refractivity contribution in [1.82, 2.24) is 9.78 Å². The maximum Gasteiger partial charge on any atom is 0.417 e. The van der Waals surface area contributed by atoms with Crippen molar-refractivity contribution in [3.05, 3.63) is 63.3 Å². The van der Waals surface area contributed by atoms with Gasteiger partial charge >= 0.3 is 6.18 Å². The van der Waals surface area contributed by atoms with Crippen molar-refractivity contribution in [2.75, 3.05) is 0 Å². The fourth-order valence-corrected chi connectivity index (χ4v) is 3.22. The molecule has 0 bridgehead atoms. The Hall–Kier alpha value is -2.05. The van der Waals surface area contributed by atoms with E-state index in [1.807, 2.05) is 6.92 Å². The summed E-state index contributed by atoms with van der Waals surface area (Å²) in [6.07, 6.45) is -4.25. The van der Waals surface area contributed by atoms with E-state index >= 15 is 0 Å². The molecule has 3 nitrogen and oxygen atoms in total. The Labute approximate surface area is 151 Å². The van der Waals surface area contributed by atoms with Gasteiger partial charge in [0.05, 0.1) is 32.4 Å². The quantitative estimate of drug-likeness (QED) is 0.573. The second kappa shape index (κ2) is 6.35. The summed E-state index contributed by atoms with van der Waals surface area (Å²) in [5.41, 5.74) is -0.880. The molecule has 0 saturated heterocycles. The molecule has 8 heteroatoms. The summed E-state index contributed by atoms with van der Waals surface area (Å²) in [4.78, 5) is 12.9. The molecule has 2 aromatic carbocycles. The standard InChI is InChI=1S/C17H11Cl2F3N2O/c1-2-12-15-11(19)7-4-8-13(15)24(23-12)16(25)14-9(17(20,21)22)5-3-6-10(14)18/h3-8H,2H2,1H3. The predicted molar refractivity (Wildman–Crippen MR) is 90.3 cm³/mol. The Morgan fingerprint density at radius 2 is 1.76 bits per heavy atom. The Kier molecular flexibility index (Phi) is 4.51. The molecule has 3 rings (SSSR count). The van der Waals surface area contributed by atoms with E-state index in [9.17, 15) is 18.0 Å². The first-order valence-corrected chi connectivity index (χ1v) is 8.07. The summed E-state index contributed by atoms with van der Waals surface area (Å²) < 4.78 is 40.8. The van der Waals surface area contributed by atoms with E-state index < -0.39 is 23.2 Å². The van der Waals surface area contributed by atoms with Crippen molar-refractivity contribution < 1.29 is 18.0 Å². The minimum atomic E-state index is -4.72. The van der Waals surface area contributed by atoms with Crippen molar-refractivity contribution in [1.29, 1.82) is 0 Å². The van der Waals surface area contributed by atoms with E-state index in [-0.39, 0.29) is 5.02 Å². The van der Waals surface area contributed by atoms with E-state index in [0.29, 0.717) is 28.0 Å². The number of halogens is 5. The molecule has 0 spiro atoms. The fourth-order valence-electron chi connectivity index (χ4n) is 2.69. The first kappa shape index (κ1) is 17.8. The number of benzene rings is 2. The van der Waals surface area contributed by atoms with Crippen LogP contribution in [-0.4, -0.2) is 15.7 Å². The highest BCUT2D eigenvalue weighted by molar-refractivity contribution is 6.36. The molecule has 0 radical (unpaired) electrons. The van der Waals surface area contributed by atoms with Gasteiger partial charge in [-0.1, -0.05) is 42.3 Å². The lowest BCUT2D eigenvalue weighted by Crippen LogP contribution is -2.20. The molecule has 1 heterocycles. The lowest BCUT2D eigenvalue weighted by molar-refractivity contribution is -0.137. The molecule has 1 aromatic heterocycles. The number of carbonyl (C=O) groups excluding carboxylic acids is 1. The van der Waals surface area contributed by atoms with E-state index in [4.69, 9.17) is 23.2 Å². The van der Waals surface area contributed by atoms with Crippen molar-refractivity contribution >= 4 is 40.0 Å². The maximum absolute atomic E-state index is 13.3. The number of aryl methyl sites for hydroxylation is 1. The summed E-state index contributed by atoms with van der Waals surface area (Å²) in [5.74, 6) is -0.954. The van der Waals surface area contributed by atoms with E-state index in [2.05, 4.69) is 5.10 Å². The summed E-state index contributed by atoms with van der Waals surface area (Å²) in [6, 6.07) is 8.03. The van der Waals surface area contributed by atoms with Crippen LogP contribution in [0.1, 0.15) is 28.5 Å². The number of aromatic nitrogens is 2. The molecule has 3 aromatic rings. The smallest absolute Gasteiger partial charge is 0.267 e. The molecule has 0 saturated carbocycles. The van der Waals surface area contributed by atoms with Gasteiger partial charge in [0.25, 0.3) is 5.91 Å². The van der Waals surface area contributed by atoms with Gasteiger partial charge < -0.3 is 0 Å². The third-order valence-electron chi connectivity index (χ3n) is 3.79. The van der Waals surface area contributed by atoms with Crippen LogP contribution in [0, 0.1) is 0 Å². The van der Waals surface area contributed by atoms with Crippen LogP contribution < -0.4 is 0 Å². The van der Waals surface area contributed by atoms with Gasteiger partial charge in [0.1, 0.15) is 0 Å². The van der Waals surface area contributed by atoms with Crippen LogP contribution in [0.15, 0.2) is 36.4 Å². The number of fused-ring (bicyclic) bond motifs is 1. The minimum absolute atomic E-state index is 0.288. The molecule has 0 aliphatic carbocycles. The molecule has 0 fully saturated rings. The van der Waals surface area contributed by atoms with Gasteiger partial charge in [-0.15, -0.1) is 0 Å². The van der Waals surface area contributed by atoms with Crippen LogP contribution in [-0.2, 0) is 12.6 Å². The van der Waals surface area contributed by atoms with Crippen molar-refractivity contribution in [2.45, 2.75) is 19.5 Å². The summed E-state index contributed by atoms with van der Waals surface area (Å²) >= 11 is 12.1. The second-order valence-corrected chi connectivity index (χ2v) is 6.13. The lowest BCUT2D eigenvalue weighted by Gasteiger charge is -2.13. The maximum atomic E-state index is 13.3. The molecule has 0 N–H and O–H groups in total. The molecule has 25 heavy (non-hydrogen) atoms. The second-order valence-electron chi connectivity index (χ2n) is 5.31. The van der Waals surface area contributed by atoms with Gasteiger partial charge in [-0.05, 0) is 30.7 Å². The highest BCUT2D eigenvalue weighted by Gasteiger charge is 2.37. The molecule has 0 atom stereocenters. The first-order chi connectivity index (χ1) is 11.8. The molecular weight excluding hydrogens is 376 g/mol. The molecular formula is C17H11Cl2F3N2O. The predicted octanol–water partition coefficient (Wildman–Crippen LogP) is 5.61. The highest BCUT2D eigenvalue weighted by atomic mass is 35.5. The number of hydrogen-bond acceptors (Lipinski definition) is 2. The van der Waals surface area contributed by atoms with Crippen LogP contribution in [0.4, 0.5) is 13.2 Å². The van der Waals surface area contributed by atoms with Crippen molar-refractivity contribution in [3.8, 4) is 0 Å². The molecule has 0 amide bonds. The van der Waals surface area contributed by atoms with Crippen LogP contribution in [0.3, 0.4) is 0 Å². The molecule has 0 aliphatic rings. The van der Waals surface area contributed by atoms with Gasteiger partial charge in [0, 0.05) is 5.39 Å². The Bertz CT molecular complexity index is 980. The average molecular weight is 387 g/mol. The van der Waals surface area contributed by atoms with Gasteiger partial charge in [-0.25, -0.2) is 0 Å². The van der Waals surface area contributed by atoms with Gasteiger partial charge in [-0.2, -0.15) is 23.0 Å². The minimum Gasteiger partial charge on any atom is -0.267 e. The number of rotatable bonds is 2. The van der Waals surface area contributed by atoms with Gasteiger partial charge in [0.2, 0.25) is 0 Å². The largest absolute Gasteiger partial charge is 0.417 e. The summed E-state index contributed by atoms with van der Waals surface area (Å²) in [5, 5.41) is 4.80. The Morgan fingerprint density at radius 1 is 1.12 bits per heavy atom. The molecule has 0 unspecified atom stereocenters.